The van der Waals surface area contributed by atoms with E-state index in [1.165, 1.54) is 0 Å². The second kappa shape index (κ2) is 6.16. The van der Waals surface area contributed by atoms with Crippen molar-refractivity contribution in [2.45, 2.75) is 25.6 Å². The van der Waals surface area contributed by atoms with Gasteiger partial charge in [-0.1, -0.05) is 60.7 Å². The lowest BCUT2D eigenvalue weighted by molar-refractivity contribution is -0.149. The van der Waals surface area contributed by atoms with Gasteiger partial charge in [-0.25, -0.2) is 4.79 Å². The first-order chi connectivity index (χ1) is 11.1. The summed E-state index contributed by atoms with van der Waals surface area (Å²) in [5, 5.41) is 10.4. The molecular formula is C19H18O4. The molecule has 0 unspecified atom stereocenters. The molecule has 0 fully saturated rings. The number of rotatable bonds is 5. The van der Waals surface area contributed by atoms with E-state index in [1.807, 2.05) is 60.7 Å². The van der Waals surface area contributed by atoms with Crippen LogP contribution in [0.2, 0.25) is 0 Å². The number of cyclic esters (lactones) is 1. The Morgan fingerprint density at radius 2 is 1.57 bits per heavy atom. The first-order valence-electron chi connectivity index (χ1n) is 7.46. The Morgan fingerprint density at radius 3 is 2.17 bits per heavy atom. The lowest BCUT2D eigenvalue weighted by atomic mass is 9.95. The molecule has 0 aliphatic carbocycles. The molecule has 1 atom stereocenters. The first-order valence-corrected chi connectivity index (χ1v) is 7.46. The van der Waals surface area contributed by atoms with E-state index in [1.54, 1.807) is 6.92 Å². The Labute approximate surface area is 135 Å². The van der Waals surface area contributed by atoms with Gasteiger partial charge in [0.2, 0.25) is 5.76 Å². The van der Waals surface area contributed by atoms with Crippen molar-refractivity contribution in [3.63, 3.8) is 0 Å². The zero-order chi connectivity index (χ0) is 16.3. The standard InChI is InChI=1S/C19H18O4/c1-19(12-14-8-4-2-5-9-14)17(20)16(18(21)23-19)22-13-15-10-6-3-7-11-15/h2-11,20H,12-13H2,1H3/t19-/m0/s1. The van der Waals surface area contributed by atoms with Gasteiger partial charge in [0.05, 0.1) is 0 Å². The average Bonchev–Trinajstić information content (AvgIpc) is 2.77. The van der Waals surface area contributed by atoms with Crippen LogP contribution in [0.4, 0.5) is 0 Å². The fourth-order valence-electron chi connectivity index (χ4n) is 2.60. The second-order valence-electron chi connectivity index (χ2n) is 5.73. The van der Waals surface area contributed by atoms with Gasteiger partial charge >= 0.3 is 5.97 Å². The van der Waals surface area contributed by atoms with Gasteiger partial charge in [-0.2, -0.15) is 0 Å². The van der Waals surface area contributed by atoms with Crippen LogP contribution < -0.4 is 0 Å². The Kier molecular flexibility index (Phi) is 4.06. The number of esters is 1. The van der Waals surface area contributed by atoms with Gasteiger partial charge in [0, 0.05) is 6.42 Å². The molecule has 0 aromatic heterocycles. The van der Waals surface area contributed by atoms with Crippen LogP contribution in [0.25, 0.3) is 0 Å². The number of carbonyl (C=O) groups excluding carboxylic acids is 1. The number of hydrogen-bond acceptors (Lipinski definition) is 4. The van der Waals surface area contributed by atoms with Gasteiger partial charge in [-0.3, -0.25) is 0 Å². The zero-order valence-electron chi connectivity index (χ0n) is 12.9. The van der Waals surface area contributed by atoms with Crippen molar-refractivity contribution >= 4 is 5.97 Å². The number of aliphatic hydroxyl groups is 1. The molecule has 1 heterocycles. The summed E-state index contributed by atoms with van der Waals surface area (Å²) in [6.45, 7) is 1.89. The Balaban J connectivity index is 1.76. The van der Waals surface area contributed by atoms with Gasteiger partial charge in [0.15, 0.2) is 11.4 Å². The predicted molar refractivity (Wildman–Crippen MR) is 85.5 cm³/mol. The molecule has 4 nitrogen and oxygen atoms in total. The quantitative estimate of drug-likeness (QED) is 0.858. The fraction of sp³-hybridized carbons (Fsp3) is 0.211. The van der Waals surface area contributed by atoms with Crippen molar-refractivity contribution in [2.75, 3.05) is 0 Å². The summed E-state index contributed by atoms with van der Waals surface area (Å²) in [6.07, 6.45) is 0.392. The van der Waals surface area contributed by atoms with E-state index >= 15 is 0 Å². The summed E-state index contributed by atoms with van der Waals surface area (Å²) in [5.74, 6) is -0.883. The van der Waals surface area contributed by atoms with E-state index < -0.39 is 11.6 Å². The van der Waals surface area contributed by atoms with Gasteiger partial charge in [0.1, 0.15) is 6.61 Å². The van der Waals surface area contributed by atoms with Crippen LogP contribution in [-0.4, -0.2) is 16.7 Å². The molecule has 0 radical (unpaired) electrons. The topological polar surface area (TPSA) is 55.8 Å². The van der Waals surface area contributed by atoms with E-state index in [0.29, 0.717) is 6.42 Å². The van der Waals surface area contributed by atoms with Gasteiger partial charge in [0.25, 0.3) is 0 Å². The van der Waals surface area contributed by atoms with Crippen LogP contribution in [0.1, 0.15) is 18.1 Å². The lowest BCUT2D eigenvalue weighted by Crippen LogP contribution is -2.30. The van der Waals surface area contributed by atoms with E-state index in [2.05, 4.69) is 0 Å². The smallest absolute Gasteiger partial charge is 0.378 e. The summed E-state index contributed by atoms with van der Waals surface area (Å²) < 4.78 is 10.9. The number of aliphatic hydroxyl groups excluding tert-OH is 1. The molecule has 0 bridgehead atoms. The average molecular weight is 310 g/mol. The Hall–Kier alpha value is -2.75. The summed E-state index contributed by atoms with van der Waals surface area (Å²) in [7, 11) is 0. The molecule has 118 valence electrons. The molecule has 2 aromatic rings. The van der Waals surface area contributed by atoms with Crippen LogP contribution in [0.5, 0.6) is 0 Å². The van der Waals surface area contributed by atoms with E-state index in [0.717, 1.165) is 11.1 Å². The molecule has 0 saturated carbocycles. The number of ether oxygens (including phenoxy) is 2. The summed E-state index contributed by atoms with van der Waals surface area (Å²) in [6, 6.07) is 19.0. The molecule has 23 heavy (non-hydrogen) atoms. The number of carbonyl (C=O) groups is 1. The highest BCUT2D eigenvalue weighted by Crippen LogP contribution is 2.34. The molecule has 3 rings (SSSR count). The summed E-state index contributed by atoms with van der Waals surface area (Å²) in [4.78, 5) is 12.0. The minimum atomic E-state index is -1.09. The number of benzene rings is 2. The van der Waals surface area contributed by atoms with Gasteiger partial charge in [-0.05, 0) is 18.1 Å². The van der Waals surface area contributed by atoms with Crippen molar-refractivity contribution in [3.8, 4) is 0 Å². The summed E-state index contributed by atoms with van der Waals surface area (Å²) >= 11 is 0. The molecular weight excluding hydrogens is 292 g/mol. The van der Waals surface area contributed by atoms with Crippen LogP contribution in [0, 0.1) is 0 Å². The molecule has 1 aliphatic rings. The maximum atomic E-state index is 12.0. The third kappa shape index (κ3) is 3.21. The van der Waals surface area contributed by atoms with Crippen molar-refractivity contribution in [2.24, 2.45) is 0 Å². The molecule has 4 heteroatoms. The van der Waals surface area contributed by atoms with Gasteiger partial charge in [-0.15, -0.1) is 0 Å². The molecule has 2 aromatic carbocycles. The maximum absolute atomic E-state index is 12.0. The van der Waals surface area contributed by atoms with Crippen molar-refractivity contribution in [3.05, 3.63) is 83.3 Å². The lowest BCUT2D eigenvalue weighted by Gasteiger charge is -2.22. The van der Waals surface area contributed by atoms with E-state index in [9.17, 15) is 9.90 Å². The van der Waals surface area contributed by atoms with E-state index in [-0.39, 0.29) is 18.1 Å². The second-order valence-corrected chi connectivity index (χ2v) is 5.73. The van der Waals surface area contributed by atoms with Crippen molar-refractivity contribution in [1.29, 1.82) is 0 Å². The monoisotopic (exact) mass is 310 g/mol. The third-order valence-corrected chi connectivity index (χ3v) is 3.83. The van der Waals surface area contributed by atoms with Crippen LogP contribution in [-0.2, 0) is 27.3 Å². The van der Waals surface area contributed by atoms with Gasteiger partial charge < -0.3 is 14.6 Å². The highest BCUT2D eigenvalue weighted by Gasteiger charge is 2.46. The van der Waals surface area contributed by atoms with Crippen LogP contribution in [0.15, 0.2) is 72.2 Å². The summed E-state index contributed by atoms with van der Waals surface area (Å²) in [5.41, 5.74) is 0.792. The third-order valence-electron chi connectivity index (χ3n) is 3.83. The maximum Gasteiger partial charge on any atom is 0.378 e. The fourth-order valence-corrected chi connectivity index (χ4v) is 2.60. The Morgan fingerprint density at radius 1 is 1.00 bits per heavy atom. The molecule has 0 amide bonds. The molecule has 0 saturated heterocycles. The van der Waals surface area contributed by atoms with Crippen LogP contribution in [0.3, 0.4) is 0 Å². The predicted octanol–water partition coefficient (Wildman–Crippen LogP) is 3.53. The largest absolute Gasteiger partial charge is 0.505 e. The Bertz CT molecular complexity index is 722. The van der Waals surface area contributed by atoms with E-state index in [4.69, 9.17) is 9.47 Å². The minimum Gasteiger partial charge on any atom is -0.505 e. The first kappa shape index (κ1) is 15.2. The highest BCUT2D eigenvalue weighted by atomic mass is 16.6. The molecule has 0 spiro atoms. The normalized spacial score (nSPS) is 20.5. The highest BCUT2D eigenvalue weighted by molar-refractivity contribution is 5.90. The number of hydrogen-bond donors (Lipinski definition) is 1. The minimum absolute atomic E-state index is 0.104. The zero-order valence-corrected chi connectivity index (χ0v) is 12.9. The van der Waals surface area contributed by atoms with Crippen LogP contribution >= 0.6 is 0 Å². The molecule has 1 N–H and O–H groups in total. The SMILES string of the molecule is C[C@@]1(Cc2ccccc2)OC(=O)C(OCc2ccccc2)=C1O. The van der Waals surface area contributed by atoms with Crippen molar-refractivity contribution < 1.29 is 19.4 Å². The molecule has 1 aliphatic heterocycles. The van der Waals surface area contributed by atoms with Crippen molar-refractivity contribution in [1.82, 2.24) is 0 Å².